The van der Waals surface area contributed by atoms with Crippen LogP contribution in [-0.4, -0.2) is 21.8 Å². The average molecular weight is 285 g/mol. The standard InChI is InChI=1S/C16H15NO2S/c18-15(19)16(20-11-12-4-2-1-3-5-12)8-6-13-7-9-17-10-14(13)16/h1-2,4,6-10H,3,5,11H2,(H,18,19). The van der Waals surface area contributed by atoms with E-state index in [1.165, 1.54) is 17.3 Å². The highest BCUT2D eigenvalue weighted by molar-refractivity contribution is 8.01. The molecule has 0 amide bonds. The predicted molar refractivity (Wildman–Crippen MR) is 81.5 cm³/mol. The number of carboxylic acid groups (broad SMARTS) is 1. The molecular formula is C16H15NO2S. The Kier molecular flexibility index (Phi) is 3.49. The van der Waals surface area contributed by atoms with Crippen molar-refractivity contribution in [1.29, 1.82) is 0 Å². The third-order valence-electron chi connectivity index (χ3n) is 3.66. The van der Waals surface area contributed by atoms with Crippen molar-refractivity contribution >= 4 is 23.8 Å². The van der Waals surface area contributed by atoms with Gasteiger partial charge in [0.15, 0.2) is 4.75 Å². The van der Waals surface area contributed by atoms with Gasteiger partial charge in [0, 0.05) is 23.7 Å². The minimum Gasteiger partial charge on any atom is -0.480 e. The van der Waals surface area contributed by atoms with Gasteiger partial charge in [0.1, 0.15) is 0 Å². The molecule has 0 fully saturated rings. The molecule has 3 rings (SSSR count). The fourth-order valence-electron chi connectivity index (χ4n) is 2.51. The van der Waals surface area contributed by atoms with Gasteiger partial charge in [-0.05, 0) is 24.5 Å². The number of hydrogen-bond donors (Lipinski definition) is 1. The topological polar surface area (TPSA) is 50.2 Å². The van der Waals surface area contributed by atoms with Crippen molar-refractivity contribution < 1.29 is 9.90 Å². The fourth-order valence-corrected chi connectivity index (χ4v) is 3.78. The summed E-state index contributed by atoms with van der Waals surface area (Å²) >= 11 is 1.46. The molecule has 1 aromatic heterocycles. The van der Waals surface area contributed by atoms with Crippen LogP contribution in [0.1, 0.15) is 24.0 Å². The van der Waals surface area contributed by atoms with Gasteiger partial charge in [0.2, 0.25) is 0 Å². The van der Waals surface area contributed by atoms with Crippen LogP contribution < -0.4 is 0 Å². The summed E-state index contributed by atoms with van der Waals surface area (Å²) < 4.78 is -0.994. The Morgan fingerprint density at radius 3 is 3.15 bits per heavy atom. The Morgan fingerprint density at radius 2 is 2.40 bits per heavy atom. The number of carbonyl (C=O) groups is 1. The number of thioether (sulfide) groups is 1. The van der Waals surface area contributed by atoms with E-state index in [0.717, 1.165) is 29.7 Å². The van der Waals surface area contributed by atoms with Crippen molar-refractivity contribution in [1.82, 2.24) is 4.98 Å². The number of aromatic nitrogens is 1. The molecule has 20 heavy (non-hydrogen) atoms. The van der Waals surface area contributed by atoms with E-state index in [2.05, 4.69) is 17.1 Å². The molecule has 0 bridgehead atoms. The zero-order valence-corrected chi connectivity index (χ0v) is 11.8. The van der Waals surface area contributed by atoms with Crippen molar-refractivity contribution in [3.05, 3.63) is 59.5 Å². The molecule has 0 aliphatic heterocycles. The normalized spacial score (nSPS) is 23.5. The van der Waals surface area contributed by atoms with E-state index in [9.17, 15) is 9.90 Å². The lowest BCUT2D eigenvalue weighted by Crippen LogP contribution is -2.29. The first kappa shape index (κ1) is 13.2. The maximum absolute atomic E-state index is 11.8. The van der Waals surface area contributed by atoms with Crippen LogP contribution in [0.5, 0.6) is 0 Å². The van der Waals surface area contributed by atoms with Crippen molar-refractivity contribution in [2.45, 2.75) is 17.6 Å². The molecule has 1 atom stereocenters. The van der Waals surface area contributed by atoms with Gasteiger partial charge in [0.05, 0.1) is 0 Å². The molecule has 0 spiro atoms. The van der Waals surface area contributed by atoms with Crippen molar-refractivity contribution in [2.75, 3.05) is 5.75 Å². The van der Waals surface area contributed by atoms with E-state index in [-0.39, 0.29) is 0 Å². The van der Waals surface area contributed by atoms with Gasteiger partial charge in [-0.1, -0.05) is 36.0 Å². The number of fused-ring (bicyclic) bond motifs is 1. The molecule has 2 aliphatic rings. The second kappa shape index (κ2) is 5.29. The van der Waals surface area contributed by atoms with Crippen LogP contribution >= 0.6 is 11.8 Å². The van der Waals surface area contributed by atoms with E-state index in [0.29, 0.717) is 0 Å². The molecule has 102 valence electrons. The van der Waals surface area contributed by atoms with E-state index >= 15 is 0 Å². The van der Waals surface area contributed by atoms with Crippen LogP contribution in [0.2, 0.25) is 0 Å². The lowest BCUT2D eigenvalue weighted by molar-refractivity contribution is -0.138. The lowest BCUT2D eigenvalue weighted by atomic mass is 10.0. The third-order valence-corrected chi connectivity index (χ3v) is 5.16. The maximum Gasteiger partial charge on any atom is 0.328 e. The molecule has 1 aromatic rings. The summed E-state index contributed by atoms with van der Waals surface area (Å²) in [6.07, 6.45) is 15.4. The van der Waals surface area contributed by atoms with E-state index in [1.54, 1.807) is 18.5 Å². The second-order valence-electron chi connectivity index (χ2n) is 4.92. The number of aliphatic carboxylic acids is 1. The number of rotatable bonds is 4. The van der Waals surface area contributed by atoms with E-state index in [4.69, 9.17) is 0 Å². The van der Waals surface area contributed by atoms with Gasteiger partial charge in [0.25, 0.3) is 0 Å². The molecule has 2 aliphatic carbocycles. The Labute approximate surface area is 122 Å². The molecule has 4 heteroatoms. The third kappa shape index (κ3) is 2.20. The molecule has 0 aromatic carbocycles. The van der Waals surface area contributed by atoms with Crippen molar-refractivity contribution in [3.63, 3.8) is 0 Å². The molecule has 1 N–H and O–H groups in total. The zero-order valence-electron chi connectivity index (χ0n) is 11.0. The van der Waals surface area contributed by atoms with E-state index in [1.807, 2.05) is 18.2 Å². The first-order valence-corrected chi connectivity index (χ1v) is 7.56. The summed E-state index contributed by atoms with van der Waals surface area (Å²) in [6.45, 7) is 0. The van der Waals surface area contributed by atoms with Crippen LogP contribution in [0.15, 0.2) is 48.3 Å². The van der Waals surface area contributed by atoms with Crippen molar-refractivity contribution in [2.24, 2.45) is 0 Å². The van der Waals surface area contributed by atoms with Gasteiger partial charge in [-0.3, -0.25) is 4.98 Å². The quantitative estimate of drug-likeness (QED) is 0.921. The Balaban J connectivity index is 1.87. The fraction of sp³-hybridized carbons (Fsp3) is 0.250. The molecule has 3 nitrogen and oxygen atoms in total. The first-order valence-electron chi connectivity index (χ1n) is 6.58. The summed E-state index contributed by atoms with van der Waals surface area (Å²) in [4.78, 5) is 15.9. The van der Waals surface area contributed by atoms with E-state index < -0.39 is 10.7 Å². The lowest BCUT2D eigenvalue weighted by Gasteiger charge is -2.24. The molecule has 0 saturated heterocycles. The van der Waals surface area contributed by atoms with Crippen molar-refractivity contribution in [3.8, 4) is 0 Å². The van der Waals surface area contributed by atoms with Gasteiger partial charge >= 0.3 is 5.97 Å². The zero-order chi connectivity index (χ0) is 14.0. The van der Waals surface area contributed by atoms with Crippen LogP contribution in [0.25, 0.3) is 6.08 Å². The number of pyridine rings is 1. The van der Waals surface area contributed by atoms with Crippen LogP contribution in [0.3, 0.4) is 0 Å². The van der Waals surface area contributed by atoms with Gasteiger partial charge < -0.3 is 5.11 Å². The number of nitrogens with zero attached hydrogens (tertiary/aromatic N) is 1. The Morgan fingerprint density at radius 1 is 1.50 bits per heavy atom. The second-order valence-corrected chi connectivity index (χ2v) is 6.14. The molecule has 0 radical (unpaired) electrons. The summed E-state index contributed by atoms with van der Waals surface area (Å²) in [5, 5.41) is 9.71. The summed E-state index contributed by atoms with van der Waals surface area (Å²) in [5.74, 6) is -0.0903. The highest BCUT2D eigenvalue weighted by Gasteiger charge is 2.43. The molecular weight excluding hydrogens is 270 g/mol. The van der Waals surface area contributed by atoms with Gasteiger partial charge in [-0.15, -0.1) is 11.8 Å². The number of hydrogen-bond acceptors (Lipinski definition) is 3. The Hall–Kier alpha value is -1.81. The van der Waals surface area contributed by atoms with Crippen LogP contribution in [0, 0.1) is 0 Å². The van der Waals surface area contributed by atoms with Crippen LogP contribution in [0.4, 0.5) is 0 Å². The molecule has 1 heterocycles. The maximum atomic E-state index is 11.8. The highest BCUT2D eigenvalue weighted by atomic mass is 32.2. The summed E-state index contributed by atoms with van der Waals surface area (Å²) in [7, 11) is 0. The molecule has 0 saturated carbocycles. The predicted octanol–water partition coefficient (Wildman–Crippen LogP) is 3.40. The monoisotopic (exact) mass is 285 g/mol. The highest BCUT2D eigenvalue weighted by Crippen LogP contribution is 2.45. The van der Waals surface area contributed by atoms with Gasteiger partial charge in [-0.2, -0.15) is 0 Å². The average Bonchev–Trinajstić information content (AvgIpc) is 2.87. The number of allylic oxidation sites excluding steroid dienone is 3. The SMILES string of the molecule is O=C(O)C1(SCC2=CC=CCC2)C=Cc2ccncc21. The van der Waals surface area contributed by atoms with Crippen LogP contribution in [-0.2, 0) is 9.54 Å². The minimum absolute atomic E-state index is 0.731. The summed E-state index contributed by atoms with van der Waals surface area (Å²) in [6, 6.07) is 1.86. The Bertz CT molecular complexity index is 633. The minimum atomic E-state index is -0.994. The number of carboxylic acids is 1. The smallest absolute Gasteiger partial charge is 0.328 e. The molecule has 1 unspecified atom stereocenters. The van der Waals surface area contributed by atoms with Gasteiger partial charge in [-0.25, -0.2) is 4.79 Å². The largest absolute Gasteiger partial charge is 0.480 e. The first-order chi connectivity index (χ1) is 9.72. The summed E-state index contributed by atoms with van der Waals surface area (Å²) in [5.41, 5.74) is 3.03.